The molecule has 12 heavy (non-hydrogen) atoms. The Morgan fingerprint density at radius 1 is 1.83 bits per heavy atom. The second-order valence-corrected chi connectivity index (χ2v) is 4.18. The van der Waals surface area contributed by atoms with Crippen molar-refractivity contribution in [2.45, 2.75) is 12.5 Å². The summed E-state index contributed by atoms with van der Waals surface area (Å²) in [5.41, 5.74) is 0. The van der Waals surface area contributed by atoms with Gasteiger partial charge in [-0.05, 0) is 34.4 Å². The Hall–Kier alpha value is -0.300. The molecule has 0 aliphatic heterocycles. The third kappa shape index (κ3) is 2.10. The molecular formula is C9H10BrNS. The summed E-state index contributed by atoms with van der Waals surface area (Å²) in [5.74, 6) is 2.66. The fourth-order valence-electron chi connectivity index (χ4n) is 0.998. The molecule has 0 radical (unpaired) electrons. The molecule has 0 aliphatic carbocycles. The highest BCUT2D eigenvalue weighted by molar-refractivity contribution is 9.10. The maximum Gasteiger partial charge on any atom is 0.0534 e. The van der Waals surface area contributed by atoms with E-state index in [1.807, 2.05) is 13.1 Å². The largest absolute Gasteiger partial charge is 0.312 e. The highest BCUT2D eigenvalue weighted by Crippen LogP contribution is 2.30. The van der Waals surface area contributed by atoms with Gasteiger partial charge in [0, 0.05) is 15.8 Å². The number of halogens is 1. The van der Waals surface area contributed by atoms with E-state index in [0.29, 0.717) is 0 Å². The van der Waals surface area contributed by atoms with Crippen molar-refractivity contribution < 1.29 is 0 Å². The van der Waals surface area contributed by atoms with Gasteiger partial charge in [-0.25, -0.2) is 0 Å². The lowest BCUT2D eigenvalue weighted by molar-refractivity contribution is 0.620. The molecule has 1 N–H and O–H groups in total. The lowest BCUT2D eigenvalue weighted by Crippen LogP contribution is -2.14. The lowest BCUT2D eigenvalue weighted by atomic mass is 10.2. The van der Waals surface area contributed by atoms with Crippen molar-refractivity contribution in [2.75, 3.05) is 7.05 Å². The van der Waals surface area contributed by atoms with Crippen molar-refractivity contribution in [3.63, 3.8) is 0 Å². The summed E-state index contributed by atoms with van der Waals surface area (Å²) < 4.78 is 1.14. The van der Waals surface area contributed by atoms with Gasteiger partial charge in [0.05, 0.1) is 6.04 Å². The molecule has 0 amide bonds. The molecule has 0 fully saturated rings. The molecule has 1 nitrogen and oxygen atoms in total. The first-order valence-corrected chi connectivity index (χ1v) is 5.30. The molecule has 0 spiro atoms. The van der Waals surface area contributed by atoms with Crippen molar-refractivity contribution in [3.8, 4) is 12.3 Å². The van der Waals surface area contributed by atoms with E-state index < -0.39 is 0 Å². The van der Waals surface area contributed by atoms with E-state index in [2.05, 4.69) is 32.5 Å². The zero-order valence-corrected chi connectivity index (χ0v) is 9.21. The number of thiophene rings is 1. The first-order chi connectivity index (χ1) is 5.79. The predicted octanol–water partition coefficient (Wildman–Crippen LogP) is 2.79. The van der Waals surface area contributed by atoms with Crippen LogP contribution in [0.3, 0.4) is 0 Å². The van der Waals surface area contributed by atoms with Crippen LogP contribution in [0.2, 0.25) is 0 Å². The SMILES string of the molecule is C#CCC(NC)c1sccc1Br. The second kappa shape index (κ2) is 4.66. The third-order valence-corrected chi connectivity index (χ3v) is 3.62. The van der Waals surface area contributed by atoms with E-state index >= 15 is 0 Å². The number of terminal acetylenes is 1. The first-order valence-electron chi connectivity index (χ1n) is 3.63. The summed E-state index contributed by atoms with van der Waals surface area (Å²) in [6.45, 7) is 0. The molecule has 0 saturated carbocycles. The number of hydrogen-bond acceptors (Lipinski definition) is 2. The van der Waals surface area contributed by atoms with Crippen LogP contribution in [-0.2, 0) is 0 Å². The molecule has 0 aromatic carbocycles. The zero-order valence-electron chi connectivity index (χ0n) is 6.80. The van der Waals surface area contributed by atoms with Crippen molar-refractivity contribution in [1.82, 2.24) is 5.32 Å². The molecule has 0 saturated heterocycles. The minimum absolute atomic E-state index is 0.282. The van der Waals surface area contributed by atoms with E-state index in [0.717, 1.165) is 10.9 Å². The lowest BCUT2D eigenvalue weighted by Gasteiger charge is -2.11. The second-order valence-electron chi connectivity index (χ2n) is 2.38. The van der Waals surface area contributed by atoms with Crippen molar-refractivity contribution in [1.29, 1.82) is 0 Å². The highest BCUT2D eigenvalue weighted by atomic mass is 79.9. The predicted molar refractivity (Wildman–Crippen MR) is 57.3 cm³/mol. The summed E-state index contributed by atoms with van der Waals surface area (Å²) >= 11 is 5.20. The van der Waals surface area contributed by atoms with Gasteiger partial charge in [0.2, 0.25) is 0 Å². The topological polar surface area (TPSA) is 12.0 Å². The minimum Gasteiger partial charge on any atom is -0.312 e. The average Bonchev–Trinajstić information content (AvgIpc) is 2.47. The van der Waals surface area contributed by atoms with Gasteiger partial charge in [-0.2, -0.15) is 0 Å². The van der Waals surface area contributed by atoms with Crippen LogP contribution in [-0.4, -0.2) is 7.05 Å². The normalized spacial score (nSPS) is 12.4. The van der Waals surface area contributed by atoms with E-state index in [9.17, 15) is 0 Å². The van der Waals surface area contributed by atoms with E-state index in [1.54, 1.807) is 11.3 Å². The first kappa shape index (κ1) is 9.79. The standard InChI is InChI=1S/C9H10BrNS/c1-3-4-8(11-2)9-7(10)5-6-12-9/h1,5-6,8,11H,4H2,2H3. The van der Waals surface area contributed by atoms with Crippen molar-refractivity contribution in [3.05, 3.63) is 20.8 Å². The summed E-state index contributed by atoms with van der Waals surface area (Å²) in [5, 5.41) is 5.24. The van der Waals surface area contributed by atoms with Gasteiger partial charge in [0.25, 0.3) is 0 Å². The number of rotatable bonds is 3. The Morgan fingerprint density at radius 3 is 3.00 bits per heavy atom. The van der Waals surface area contributed by atoms with E-state index in [4.69, 9.17) is 6.42 Å². The Bertz CT molecular complexity index is 287. The summed E-state index contributed by atoms with van der Waals surface area (Å²) in [4.78, 5) is 1.27. The van der Waals surface area contributed by atoms with Crippen molar-refractivity contribution in [2.24, 2.45) is 0 Å². The molecule has 1 atom stereocenters. The molecule has 1 heterocycles. The number of nitrogens with one attached hydrogen (secondary N) is 1. The van der Waals surface area contributed by atoms with Crippen LogP contribution >= 0.6 is 27.3 Å². The Balaban J connectivity index is 2.81. The third-order valence-electron chi connectivity index (χ3n) is 1.63. The van der Waals surface area contributed by atoms with Crippen LogP contribution in [0.25, 0.3) is 0 Å². The molecule has 1 rings (SSSR count). The Kier molecular flexibility index (Phi) is 3.80. The smallest absolute Gasteiger partial charge is 0.0534 e. The summed E-state index contributed by atoms with van der Waals surface area (Å²) in [7, 11) is 1.92. The maximum absolute atomic E-state index is 5.26. The quantitative estimate of drug-likeness (QED) is 0.806. The molecule has 0 bridgehead atoms. The minimum atomic E-state index is 0.282. The average molecular weight is 244 g/mol. The molecule has 1 aromatic heterocycles. The van der Waals surface area contributed by atoms with Gasteiger partial charge in [-0.15, -0.1) is 23.7 Å². The Morgan fingerprint density at radius 2 is 2.58 bits per heavy atom. The summed E-state index contributed by atoms with van der Waals surface area (Å²) in [6.07, 6.45) is 5.99. The molecule has 1 unspecified atom stereocenters. The molecular weight excluding hydrogens is 234 g/mol. The van der Waals surface area contributed by atoms with Crippen LogP contribution in [0, 0.1) is 12.3 Å². The van der Waals surface area contributed by atoms with Gasteiger partial charge in [-0.1, -0.05) is 0 Å². The van der Waals surface area contributed by atoms with Gasteiger partial charge in [0.1, 0.15) is 0 Å². The van der Waals surface area contributed by atoms with Gasteiger partial charge in [-0.3, -0.25) is 0 Å². The molecule has 0 aliphatic rings. The molecule has 1 aromatic rings. The van der Waals surface area contributed by atoms with Crippen LogP contribution < -0.4 is 5.32 Å². The Labute approximate surface area is 85.3 Å². The van der Waals surface area contributed by atoms with Gasteiger partial charge in [0.15, 0.2) is 0 Å². The van der Waals surface area contributed by atoms with Crippen molar-refractivity contribution >= 4 is 27.3 Å². The monoisotopic (exact) mass is 243 g/mol. The summed E-state index contributed by atoms with van der Waals surface area (Å²) in [6, 6.07) is 2.32. The molecule has 3 heteroatoms. The fraction of sp³-hybridized carbons (Fsp3) is 0.333. The van der Waals surface area contributed by atoms with E-state index in [-0.39, 0.29) is 6.04 Å². The number of hydrogen-bond donors (Lipinski definition) is 1. The highest BCUT2D eigenvalue weighted by Gasteiger charge is 2.11. The van der Waals surface area contributed by atoms with Gasteiger partial charge >= 0.3 is 0 Å². The molecule has 64 valence electrons. The zero-order chi connectivity index (χ0) is 8.97. The van der Waals surface area contributed by atoms with Crippen LogP contribution in [0.15, 0.2) is 15.9 Å². The van der Waals surface area contributed by atoms with Crippen LogP contribution in [0.5, 0.6) is 0 Å². The van der Waals surface area contributed by atoms with Gasteiger partial charge < -0.3 is 5.32 Å². The van der Waals surface area contributed by atoms with E-state index in [1.165, 1.54) is 4.88 Å². The fourth-order valence-corrected chi connectivity index (χ4v) is 2.76. The maximum atomic E-state index is 5.26. The van der Waals surface area contributed by atoms with Crippen LogP contribution in [0.1, 0.15) is 17.3 Å². The van der Waals surface area contributed by atoms with Crippen LogP contribution in [0.4, 0.5) is 0 Å².